The van der Waals surface area contributed by atoms with Crippen LogP contribution < -0.4 is 5.73 Å². The molecule has 1 aromatic heterocycles. The van der Waals surface area contributed by atoms with E-state index in [1.807, 2.05) is 17.0 Å². The molecule has 0 radical (unpaired) electrons. The first kappa shape index (κ1) is 18.3. The van der Waals surface area contributed by atoms with Crippen molar-refractivity contribution in [3.8, 4) is 0 Å². The van der Waals surface area contributed by atoms with Gasteiger partial charge in [-0.2, -0.15) is 0 Å². The summed E-state index contributed by atoms with van der Waals surface area (Å²) in [6, 6.07) is 7.19. The highest BCUT2D eigenvalue weighted by molar-refractivity contribution is 6.42. The molecule has 25 heavy (non-hydrogen) atoms. The Labute approximate surface area is 156 Å². The molecule has 0 aliphatic carbocycles. The average Bonchev–Trinajstić information content (AvgIpc) is 3.12. The minimum Gasteiger partial charge on any atom is -0.467 e. The third-order valence-electron chi connectivity index (χ3n) is 4.30. The summed E-state index contributed by atoms with van der Waals surface area (Å²) in [7, 11) is 0. The lowest BCUT2D eigenvalue weighted by molar-refractivity contribution is -0.000389. The molecule has 1 fully saturated rings. The van der Waals surface area contributed by atoms with Crippen molar-refractivity contribution >= 4 is 29.1 Å². The van der Waals surface area contributed by atoms with E-state index in [2.05, 4.69) is 0 Å². The number of furan rings is 1. The molecule has 0 spiro atoms. The van der Waals surface area contributed by atoms with Crippen molar-refractivity contribution in [2.45, 2.75) is 32.1 Å². The molecular formula is C18H20Cl2N2O3. The Morgan fingerprint density at radius 2 is 2.00 bits per heavy atom. The Morgan fingerprint density at radius 3 is 2.64 bits per heavy atom. The van der Waals surface area contributed by atoms with Gasteiger partial charge in [-0.1, -0.05) is 29.3 Å². The van der Waals surface area contributed by atoms with E-state index in [-0.39, 0.29) is 18.6 Å². The number of rotatable bonds is 5. The van der Waals surface area contributed by atoms with Crippen molar-refractivity contribution in [2.75, 3.05) is 13.1 Å². The first-order chi connectivity index (χ1) is 12.1. The van der Waals surface area contributed by atoms with Crippen LogP contribution in [-0.4, -0.2) is 30.0 Å². The van der Waals surface area contributed by atoms with E-state index in [0.29, 0.717) is 41.1 Å². The van der Waals surface area contributed by atoms with Crippen LogP contribution in [0.2, 0.25) is 10.0 Å². The minimum absolute atomic E-state index is 0.0219. The first-order valence-corrected chi connectivity index (χ1v) is 8.94. The summed E-state index contributed by atoms with van der Waals surface area (Å²) in [6.07, 6.45) is 3.20. The fourth-order valence-corrected chi connectivity index (χ4v) is 3.17. The van der Waals surface area contributed by atoms with Crippen LogP contribution in [0, 0.1) is 0 Å². The summed E-state index contributed by atoms with van der Waals surface area (Å²) in [4.78, 5) is 14.3. The van der Waals surface area contributed by atoms with Gasteiger partial charge in [0.1, 0.15) is 12.0 Å². The predicted octanol–water partition coefficient (Wildman–Crippen LogP) is 3.87. The van der Waals surface area contributed by atoms with Crippen LogP contribution in [0.5, 0.6) is 0 Å². The number of carbonyl (C=O) groups excluding carboxylic acids is 1. The van der Waals surface area contributed by atoms with Gasteiger partial charge in [0.05, 0.1) is 34.9 Å². The number of amides is 1. The second-order valence-corrected chi connectivity index (χ2v) is 6.87. The quantitative estimate of drug-likeness (QED) is 0.851. The molecule has 5 nitrogen and oxygen atoms in total. The van der Waals surface area contributed by atoms with Gasteiger partial charge in [0.15, 0.2) is 0 Å². The van der Waals surface area contributed by atoms with Crippen molar-refractivity contribution in [1.29, 1.82) is 0 Å². The van der Waals surface area contributed by atoms with Gasteiger partial charge in [0.2, 0.25) is 0 Å². The lowest BCUT2D eigenvalue weighted by atomic mass is 10.1. The largest absolute Gasteiger partial charge is 0.467 e. The lowest BCUT2D eigenvalue weighted by Gasteiger charge is -2.31. The van der Waals surface area contributed by atoms with Gasteiger partial charge in [-0.15, -0.1) is 0 Å². The number of hydrogen-bond acceptors (Lipinski definition) is 4. The van der Waals surface area contributed by atoms with E-state index in [1.54, 1.807) is 12.1 Å². The predicted molar refractivity (Wildman–Crippen MR) is 96.8 cm³/mol. The molecule has 2 aromatic rings. The first-order valence-electron chi connectivity index (χ1n) is 8.19. The summed E-state index contributed by atoms with van der Waals surface area (Å²) in [5, 5.41) is 1.06. The number of likely N-dealkylation sites (tertiary alicyclic amines) is 1. The maximum atomic E-state index is 12.4. The van der Waals surface area contributed by atoms with Crippen molar-refractivity contribution in [2.24, 2.45) is 5.73 Å². The standard InChI is InChI=1S/C18H20Cl2N2O3/c19-16-2-1-12(7-17(16)20)10-24-14-3-5-22(6-4-14)18(23)13-8-15(9-21)25-11-13/h1-2,7-8,11,14H,3-6,9-10,21H2. The van der Waals surface area contributed by atoms with Gasteiger partial charge in [-0.3, -0.25) is 4.79 Å². The summed E-state index contributed by atoms with van der Waals surface area (Å²) >= 11 is 11.9. The Morgan fingerprint density at radius 1 is 1.24 bits per heavy atom. The van der Waals surface area contributed by atoms with Gasteiger partial charge >= 0.3 is 0 Å². The third kappa shape index (κ3) is 4.55. The molecule has 134 valence electrons. The van der Waals surface area contributed by atoms with Crippen molar-refractivity contribution in [3.63, 3.8) is 0 Å². The number of hydrogen-bond donors (Lipinski definition) is 1. The summed E-state index contributed by atoms with van der Waals surface area (Å²) in [5.74, 6) is 0.592. The fraction of sp³-hybridized carbons (Fsp3) is 0.389. The van der Waals surface area contributed by atoms with Crippen LogP contribution in [-0.2, 0) is 17.9 Å². The molecule has 3 rings (SSSR count). The number of nitrogens with zero attached hydrogens (tertiary/aromatic N) is 1. The van der Waals surface area contributed by atoms with Gasteiger partial charge < -0.3 is 19.8 Å². The monoisotopic (exact) mass is 382 g/mol. The molecule has 1 saturated heterocycles. The van der Waals surface area contributed by atoms with E-state index in [4.69, 9.17) is 38.1 Å². The minimum atomic E-state index is -0.0219. The Bertz CT molecular complexity index is 740. The molecule has 1 aliphatic rings. The van der Waals surface area contributed by atoms with Crippen LogP contribution in [0.1, 0.15) is 34.5 Å². The molecule has 1 aliphatic heterocycles. The summed E-state index contributed by atoms with van der Waals surface area (Å²) in [5.41, 5.74) is 7.05. The van der Waals surface area contributed by atoms with Gasteiger partial charge in [0.25, 0.3) is 5.91 Å². The normalized spacial score (nSPS) is 15.6. The number of ether oxygens (including phenoxy) is 1. The third-order valence-corrected chi connectivity index (χ3v) is 5.04. The zero-order valence-electron chi connectivity index (χ0n) is 13.7. The molecule has 2 heterocycles. The topological polar surface area (TPSA) is 68.7 Å². The number of piperidine rings is 1. The molecule has 0 bridgehead atoms. The van der Waals surface area contributed by atoms with Crippen LogP contribution in [0.4, 0.5) is 0 Å². The van der Waals surface area contributed by atoms with Crippen LogP contribution >= 0.6 is 23.2 Å². The maximum absolute atomic E-state index is 12.4. The highest BCUT2D eigenvalue weighted by atomic mass is 35.5. The summed E-state index contributed by atoms with van der Waals surface area (Å²) < 4.78 is 11.2. The van der Waals surface area contributed by atoms with Crippen molar-refractivity contribution in [3.05, 3.63) is 57.5 Å². The van der Waals surface area contributed by atoms with Crippen molar-refractivity contribution < 1.29 is 13.9 Å². The molecule has 2 N–H and O–H groups in total. The zero-order chi connectivity index (χ0) is 17.8. The average molecular weight is 383 g/mol. The molecule has 0 unspecified atom stereocenters. The van der Waals surface area contributed by atoms with E-state index < -0.39 is 0 Å². The highest BCUT2D eigenvalue weighted by Gasteiger charge is 2.25. The van der Waals surface area contributed by atoms with Gasteiger partial charge in [0, 0.05) is 13.1 Å². The van der Waals surface area contributed by atoms with Gasteiger partial charge in [-0.25, -0.2) is 0 Å². The SMILES string of the molecule is NCc1cc(C(=O)N2CCC(OCc3ccc(Cl)c(Cl)c3)CC2)co1. The second-order valence-electron chi connectivity index (χ2n) is 6.06. The van der Waals surface area contributed by atoms with E-state index in [0.717, 1.165) is 18.4 Å². The zero-order valence-corrected chi connectivity index (χ0v) is 15.2. The highest BCUT2D eigenvalue weighted by Crippen LogP contribution is 2.24. The number of nitrogens with two attached hydrogens (primary N) is 1. The number of benzene rings is 1. The Balaban J connectivity index is 1.48. The number of halogens is 2. The van der Waals surface area contributed by atoms with E-state index in [9.17, 15) is 4.79 Å². The maximum Gasteiger partial charge on any atom is 0.257 e. The number of carbonyl (C=O) groups is 1. The molecule has 0 atom stereocenters. The van der Waals surface area contributed by atoms with Gasteiger partial charge in [-0.05, 0) is 36.6 Å². The van der Waals surface area contributed by atoms with Crippen molar-refractivity contribution in [1.82, 2.24) is 4.90 Å². The molecule has 1 amide bonds. The van der Waals surface area contributed by atoms with Crippen LogP contribution in [0.15, 0.2) is 34.9 Å². The lowest BCUT2D eigenvalue weighted by Crippen LogP contribution is -2.40. The molecule has 1 aromatic carbocycles. The smallest absolute Gasteiger partial charge is 0.257 e. The van der Waals surface area contributed by atoms with E-state index >= 15 is 0 Å². The van der Waals surface area contributed by atoms with Crippen LogP contribution in [0.3, 0.4) is 0 Å². The summed E-state index contributed by atoms with van der Waals surface area (Å²) in [6.45, 7) is 2.09. The van der Waals surface area contributed by atoms with E-state index in [1.165, 1.54) is 6.26 Å². The molecule has 7 heteroatoms. The molecule has 0 saturated carbocycles. The molecular weight excluding hydrogens is 363 g/mol. The fourth-order valence-electron chi connectivity index (χ4n) is 2.85. The Kier molecular flexibility index (Phi) is 6.02. The second kappa shape index (κ2) is 8.23. The Hall–Kier alpha value is -1.53. The van der Waals surface area contributed by atoms with Crippen LogP contribution in [0.25, 0.3) is 0 Å².